The van der Waals surface area contributed by atoms with E-state index in [2.05, 4.69) is 25.4 Å². The molecule has 0 spiro atoms. The molecule has 3 heterocycles. The molecule has 1 aliphatic heterocycles. The number of carbonyl (C=O) groups is 4. The molecule has 0 unspecified atom stereocenters. The topological polar surface area (TPSA) is 241 Å². The van der Waals surface area contributed by atoms with Crippen molar-refractivity contribution in [2.45, 2.75) is 84.8 Å². The number of nitrogens with one attached hydrogen (secondary N) is 2. The first-order chi connectivity index (χ1) is 31.5. The summed E-state index contributed by atoms with van der Waals surface area (Å²) in [4.78, 5) is 75.1. The first kappa shape index (κ1) is 48.8. The van der Waals surface area contributed by atoms with Crippen LogP contribution >= 0.6 is 0 Å². The number of aromatic hydroxyl groups is 2. The molecule has 0 bridgehead atoms. The maximum atomic E-state index is 13.7. The van der Waals surface area contributed by atoms with Crippen molar-refractivity contribution in [1.29, 1.82) is 0 Å². The predicted molar refractivity (Wildman–Crippen MR) is 247 cm³/mol. The van der Waals surface area contributed by atoms with Gasteiger partial charge in [0.25, 0.3) is 0 Å². The van der Waals surface area contributed by atoms with Gasteiger partial charge in [-0.05, 0) is 66.6 Å². The van der Waals surface area contributed by atoms with E-state index in [1.165, 1.54) is 17.6 Å². The number of H-pyrrole nitrogens is 1. The summed E-state index contributed by atoms with van der Waals surface area (Å²) in [5.41, 5.74) is 3.39. The second-order valence-electron chi connectivity index (χ2n) is 17.5. The number of aromatic nitrogens is 4. The zero-order valence-corrected chi connectivity index (χ0v) is 37.9. The number of phenolic OH excluding ortho intramolecular Hbond substituents is 2. The van der Waals surface area contributed by atoms with E-state index in [-0.39, 0.29) is 66.4 Å². The SMILES string of the molecule is CC(C)C[C@H](NC(=O)[C@@H](CC(=O)c1cccc(-c2ccccc2)n1)[C@@H](C)OC(=O)CCC(=O)N1CCN(Cc2ccc(-n3c(-c4cc(C(C)C)c(O)cc4O)n[nH]c3=O)cc2)CC1)B(O)O. The van der Waals surface area contributed by atoms with Crippen LogP contribution in [0.1, 0.15) is 87.8 Å². The minimum atomic E-state index is -1.86. The zero-order valence-electron chi connectivity index (χ0n) is 37.9. The lowest BCUT2D eigenvalue weighted by atomic mass is 9.74. The molecular weight excluding hydrogens is 845 g/mol. The Bertz CT molecular complexity index is 2540. The lowest BCUT2D eigenvalue weighted by molar-refractivity contribution is -0.154. The standard InChI is InChI=1S/C48H58BN7O10/c1-29(2)24-43(49(64)65)51-47(62)36(26-42(59)39-13-9-12-38(50-39)33-10-7-6-8-11-33)31(5)66-45(61)19-18-44(60)55-22-20-54(21-23-55)28-32-14-16-34(17-15-32)56-46(52-53-48(56)63)37-25-35(30(3)4)40(57)27-41(37)58/h6-17,25,27,29-31,36,43,57-58,64-65H,18-24,26,28H2,1-5H3,(H,51,62)(H,53,63)/t31-,36+,43+/m1/s1. The predicted octanol–water partition coefficient (Wildman–Crippen LogP) is 4.61. The fourth-order valence-electron chi connectivity index (χ4n) is 8.02. The number of hydrogen-bond donors (Lipinski definition) is 6. The third kappa shape index (κ3) is 12.4. The Labute approximate surface area is 383 Å². The summed E-state index contributed by atoms with van der Waals surface area (Å²) in [6, 6.07) is 24.5. The molecule has 1 aliphatic rings. The molecule has 348 valence electrons. The van der Waals surface area contributed by atoms with Gasteiger partial charge in [-0.1, -0.05) is 76.2 Å². The lowest BCUT2D eigenvalue weighted by Gasteiger charge is -2.34. The van der Waals surface area contributed by atoms with Crippen LogP contribution in [0.3, 0.4) is 0 Å². The first-order valence-electron chi connectivity index (χ1n) is 22.2. The van der Waals surface area contributed by atoms with Crippen molar-refractivity contribution in [3.05, 3.63) is 112 Å². The van der Waals surface area contributed by atoms with Crippen molar-refractivity contribution >= 4 is 30.7 Å². The van der Waals surface area contributed by atoms with Crippen molar-refractivity contribution in [2.24, 2.45) is 11.8 Å². The van der Waals surface area contributed by atoms with Gasteiger partial charge in [-0.15, -0.1) is 0 Å². The number of phenols is 2. The molecule has 1 saturated heterocycles. The van der Waals surface area contributed by atoms with Crippen LogP contribution in [0.15, 0.2) is 89.7 Å². The average Bonchev–Trinajstić information content (AvgIpc) is 3.67. The van der Waals surface area contributed by atoms with E-state index in [1.807, 2.05) is 70.2 Å². The number of hydrogen-bond acceptors (Lipinski definition) is 13. The maximum absolute atomic E-state index is 13.7. The minimum Gasteiger partial charge on any atom is -0.508 e. The van der Waals surface area contributed by atoms with E-state index >= 15 is 0 Å². The summed E-state index contributed by atoms with van der Waals surface area (Å²) in [7, 11) is -1.86. The van der Waals surface area contributed by atoms with Gasteiger partial charge in [-0.2, -0.15) is 5.10 Å². The van der Waals surface area contributed by atoms with Gasteiger partial charge in [0, 0.05) is 57.2 Å². The Morgan fingerprint density at radius 3 is 2.20 bits per heavy atom. The maximum Gasteiger partial charge on any atom is 0.475 e. The summed E-state index contributed by atoms with van der Waals surface area (Å²) in [5, 5.41) is 50.3. The van der Waals surface area contributed by atoms with Crippen molar-refractivity contribution < 1.29 is 44.2 Å². The molecule has 0 aliphatic carbocycles. The number of aromatic amines is 1. The Kier molecular flexibility index (Phi) is 16.3. The highest BCUT2D eigenvalue weighted by Crippen LogP contribution is 2.37. The van der Waals surface area contributed by atoms with Gasteiger partial charge in [0.1, 0.15) is 23.3 Å². The molecule has 2 aromatic heterocycles. The second kappa shape index (κ2) is 22.0. The van der Waals surface area contributed by atoms with E-state index in [9.17, 15) is 44.2 Å². The van der Waals surface area contributed by atoms with Gasteiger partial charge in [0.15, 0.2) is 11.6 Å². The van der Waals surface area contributed by atoms with Crippen LogP contribution in [0, 0.1) is 11.8 Å². The van der Waals surface area contributed by atoms with Gasteiger partial charge >= 0.3 is 18.8 Å². The molecule has 66 heavy (non-hydrogen) atoms. The molecule has 0 radical (unpaired) electrons. The number of Topliss-reactive ketones (excluding diaryl/α,β-unsaturated/α-hetero) is 1. The summed E-state index contributed by atoms with van der Waals surface area (Å²) in [5.74, 6) is -4.45. The van der Waals surface area contributed by atoms with Crippen molar-refractivity contribution in [1.82, 2.24) is 34.9 Å². The largest absolute Gasteiger partial charge is 0.508 e. The Morgan fingerprint density at radius 1 is 0.848 bits per heavy atom. The van der Waals surface area contributed by atoms with E-state index in [0.29, 0.717) is 55.2 Å². The smallest absolute Gasteiger partial charge is 0.475 e. The Hall–Kier alpha value is -6.63. The molecule has 18 heteroatoms. The quantitative estimate of drug-likeness (QED) is 0.0378. The highest BCUT2D eigenvalue weighted by Gasteiger charge is 2.35. The number of ether oxygens (including phenoxy) is 1. The number of esters is 1. The summed E-state index contributed by atoms with van der Waals surface area (Å²) in [6.45, 7) is 11.6. The van der Waals surface area contributed by atoms with E-state index in [0.717, 1.165) is 11.1 Å². The normalized spacial score (nSPS) is 14.5. The van der Waals surface area contributed by atoms with Crippen molar-refractivity contribution in [3.63, 3.8) is 0 Å². The highest BCUT2D eigenvalue weighted by atomic mass is 16.5. The molecule has 3 atom stereocenters. The minimum absolute atomic E-state index is 0.00333. The van der Waals surface area contributed by atoms with E-state index in [4.69, 9.17) is 4.74 Å². The average molecular weight is 904 g/mol. The van der Waals surface area contributed by atoms with Crippen molar-refractivity contribution in [3.8, 4) is 39.8 Å². The Balaban J connectivity index is 1.02. The molecule has 1 fully saturated rings. The number of rotatable bonds is 19. The van der Waals surface area contributed by atoms with Crippen LogP contribution in [0.4, 0.5) is 0 Å². The number of ketones is 1. The van der Waals surface area contributed by atoms with Gasteiger partial charge in [-0.3, -0.25) is 24.1 Å². The molecule has 3 aromatic carbocycles. The molecular formula is C48H58BN7O10. The van der Waals surface area contributed by atoms with Crippen LogP contribution in [0.2, 0.25) is 0 Å². The van der Waals surface area contributed by atoms with Crippen LogP contribution in [-0.4, -0.2) is 119 Å². The summed E-state index contributed by atoms with van der Waals surface area (Å²) in [6.07, 6.45) is -1.63. The number of pyridine rings is 1. The van der Waals surface area contributed by atoms with E-state index < -0.39 is 48.4 Å². The zero-order chi connectivity index (χ0) is 47.7. The number of piperazine rings is 1. The van der Waals surface area contributed by atoms with E-state index in [1.54, 1.807) is 41.3 Å². The third-order valence-corrected chi connectivity index (χ3v) is 11.7. The van der Waals surface area contributed by atoms with Crippen LogP contribution < -0.4 is 11.0 Å². The van der Waals surface area contributed by atoms with Crippen LogP contribution in [0.5, 0.6) is 11.5 Å². The molecule has 6 N–H and O–H groups in total. The van der Waals surface area contributed by atoms with Crippen LogP contribution in [0.25, 0.3) is 28.3 Å². The molecule has 5 aromatic rings. The number of carbonyl (C=O) groups excluding carboxylic acids is 4. The highest BCUT2D eigenvalue weighted by molar-refractivity contribution is 6.43. The molecule has 2 amide bonds. The van der Waals surface area contributed by atoms with Gasteiger partial charge < -0.3 is 35.2 Å². The van der Waals surface area contributed by atoms with Gasteiger partial charge in [0.05, 0.1) is 35.2 Å². The fraction of sp³-hybridized carbons (Fsp3) is 0.396. The monoisotopic (exact) mass is 903 g/mol. The number of benzene rings is 3. The fourth-order valence-corrected chi connectivity index (χ4v) is 8.02. The molecule has 17 nitrogen and oxygen atoms in total. The Morgan fingerprint density at radius 2 is 1.55 bits per heavy atom. The second-order valence-corrected chi connectivity index (χ2v) is 17.5. The van der Waals surface area contributed by atoms with Crippen LogP contribution in [-0.2, 0) is 25.7 Å². The third-order valence-electron chi connectivity index (χ3n) is 11.7. The summed E-state index contributed by atoms with van der Waals surface area (Å²) >= 11 is 0. The number of amides is 2. The lowest BCUT2D eigenvalue weighted by Crippen LogP contribution is -2.51. The van der Waals surface area contributed by atoms with Crippen molar-refractivity contribution in [2.75, 3.05) is 26.2 Å². The van der Waals surface area contributed by atoms with Gasteiger partial charge in [-0.25, -0.2) is 19.4 Å². The molecule has 0 saturated carbocycles. The number of nitrogens with zero attached hydrogens (tertiary/aromatic N) is 5. The summed E-state index contributed by atoms with van der Waals surface area (Å²) < 4.78 is 7.03. The van der Waals surface area contributed by atoms with Gasteiger partial charge in [0.2, 0.25) is 11.8 Å². The molecule has 6 rings (SSSR count). The first-order valence-corrected chi connectivity index (χ1v) is 22.2.